The number of rotatable bonds is 5. The van der Waals surface area contributed by atoms with Crippen LogP contribution in [0, 0.1) is 6.92 Å². The monoisotopic (exact) mass is 374 g/mol. The summed E-state index contributed by atoms with van der Waals surface area (Å²) < 4.78 is 6.55. The van der Waals surface area contributed by atoms with Gasteiger partial charge in [0.1, 0.15) is 11.5 Å². The largest absolute Gasteiger partial charge is 0.462 e. The van der Waals surface area contributed by atoms with Gasteiger partial charge in [-0.25, -0.2) is 4.79 Å². The summed E-state index contributed by atoms with van der Waals surface area (Å²) in [6, 6.07) is 3.45. The van der Waals surface area contributed by atoms with Gasteiger partial charge in [0.15, 0.2) is 0 Å². The Hall–Kier alpha value is -2.41. The van der Waals surface area contributed by atoms with Gasteiger partial charge in [-0.2, -0.15) is 0 Å². The average Bonchev–Trinajstić information content (AvgIpc) is 2.97. The molecule has 1 aliphatic rings. The molecule has 0 aromatic carbocycles. The lowest BCUT2D eigenvalue weighted by molar-refractivity contribution is -0.116. The lowest BCUT2D eigenvalue weighted by atomic mass is 9.95. The summed E-state index contributed by atoms with van der Waals surface area (Å²) in [7, 11) is 0. The zero-order valence-corrected chi connectivity index (χ0v) is 15.8. The number of carbonyl (C=O) groups is 2. The number of anilines is 1. The number of hydrogen-bond donors (Lipinski definition) is 1. The minimum atomic E-state index is -0.394. The van der Waals surface area contributed by atoms with Gasteiger partial charge in [0.25, 0.3) is 5.56 Å². The second-order valence-electron chi connectivity index (χ2n) is 6.31. The second kappa shape index (κ2) is 7.86. The quantitative estimate of drug-likeness (QED) is 0.817. The summed E-state index contributed by atoms with van der Waals surface area (Å²) in [5, 5.41) is 3.35. The van der Waals surface area contributed by atoms with E-state index >= 15 is 0 Å². The number of hydrogen-bond acceptors (Lipinski definition) is 5. The van der Waals surface area contributed by atoms with Crippen LogP contribution in [0.15, 0.2) is 23.1 Å². The molecule has 26 heavy (non-hydrogen) atoms. The van der Waals surface area contributed by atoms with E-state index in [0.29, 0.717) is 16.1 Å². The molecule has 7 heteroatoms. The van der Waals surface area contributed by atoms with E-state index in [0.717, 1.165) is 36.1 Å². The van der Waals surface area contributed by atoms with Crippen LogP contribution < -0.4 is 10.9 Å². The van der Waals surface area contributed by atoms with Gasteiger partial charge in [0.2, 0.25) is 5.91 Å². The molecule has 0 saturated carbocycles. The van der Waals surface area contributed by atoms with Crippen molar-refractivity contribution in [1.82, 2.24) is 4.57 Å². The number of ether oxygens (including phenoxy) is 1. The molecule has 138 valence electrons. The number of thiophene rings is 1. The van der Waals surface area contributed by atoms with E-state index in [2.05, 4.69) is 5.32 Å². The molecule has 6 nitrogen and oxygen atoms in total. The third-order valence-electron chi connectivity index (χ3n) is 4.43. The van der Waals surface area contributed by atoms with Crippen LogP contribution >= 0.6 is 11.3 Å². The van der Waals surface area contributed by atoms with Gasteiger partial charge >= 0.3 is 5.97 Å². The predicted molar refractivity (Wildman–Crippen MR) is 101 cm³/mol. The van der Waals surface area contributed by atoms with E-state index in [1.165, 1.54) is 15.9 Å². The normalized spacial score (nSPS) is 13.2. The molecule has 0 fully saturated rings. The van der Waals surface area contributed by atoms with E-state index in [4.69, 9.17) is 4.74 Å². The highest BCUT2D eigenvalue weighted by Gasteiger charge is 2.27. The average molecular weight is 374 g/mol. The third kappa shape index (κ3) is 3.72. The smallest absolute Gasteiger partial charge is 0.341 e. The SMILES string of the molecule is CCOC(=O)c1c(NC(=O)Cn2cccc(C)c2=O)sc2c1CCCC2. The lowest BCUT2D eigenvalue weighted by Gasteiger charge is -2.12. The fourth-order valence-electron chi connectivity index (χ4n) is 3.18. The number of carbonyl (C=O) groups excluding carboxylic acids is 2. The Labute approximate surface area is 155 Å². The molecule has 0 spiro atoms. The van der Waals surface area contributed by atoms with Gasteiger partial charge < -0.3 is 14.6 Å². The topological polar surface area (TPSA) is 77.4 Å². The molecule has 1 aliphatic carbocycles. The summed E-state index contributed by atoms with van der Waals surface area (Å²) in [6.45, 7) is 3.67. The number of aromatic nitrogens is 1. The molecule has 1 N–H and O–H groups in total. The summed E-state index contributed by atoms with van der Waals surface area (Å²) >= 11 is 1.44. The van der Waals surface area contributed by atoms with Gasteiger partial charge in [0, 0.05) is 16.6 Å². The number of amides is 1. The molecular formula is C19H22N2O4S. The molecule has 1 amide bonds. The number of aryl methyl sites for hydroxylation is 2. The Morgan fingerprint density at radius 2 is 2.08 bits per heavy atom. The van der Waals surface area contributed by atoms with Gasteiger partial charge in [0.05, 0.1) is 12.2 Å². The first-order valence-corrected chi connectivity index (χ1v) is 9.60. The fraction of sp³-hybridized carbons (Fsp3) is 0.421. The first-order valence-electron chi connectivity index (χ1n) is 8.78. The summed E-state index contributed by atoms with van der Waals surface area (Å²) in [6.07, 6.45) is 5.44. The summed E-state index contributed by atoms with van der Waals surface area (Å²) in [4.78, 5) is 38.1. The Kier molecular flexibility index (Phi) is 5.56. The van der Waals surface area contributed by atoms with Gasteiger partial charge in [-0.1, -0.05) is 6.07 Å². The second-order valence-corrected chi connectivity index (χ2v) is 7.41. The molecular weight excluding hydrogens is 352 g/mol. The molecule has 2 aromatic heterocycles. The zero-order chi connectivity index (χ0) is 18.7. The Balaban J connectivity index is 1.85. The molecule has 0 unspecified atom stereocenters. The molecule has 2 aromatic rings. The van der Waals surface area contributed by atoms with Crippen molar-refractivity contribution in [2.45, 2.75) is 46.1 Å². The van der Waals surface area contributed by atoms with Crippen LogP contribution in [0.3, 0.4) is 0 Å². The maximum absolute atomic E-state index is 12.5. The molecule has 3 rings (SSSR count). The minimum Gasteiger partial charge on any atom is -0.462 e. The first kappa shape index (κ1) is 18.4. The van der Waals surface area contributed by atoms with Crippen LogP contribution in [0.25, 0.3) is 0 Å². The Morgan fingerprint density at radius 1 is 1.31 bits per heavy atom. The van der Waals surface area contributed by atoms with E-state index in [1.54, 1.807) is 32.2 Å². The number of pyridine rings is 1. The number of nitrogens with zero attached hydrogens (tertiary/aromatic N) is 1. The van der Waals surface area contributed by atoms with Crippen LogP contribution in [0.4, 0.5) is 5.00 Å². The molecule has 2 heterocycles. The third-order valence-corrected chi connectivity index (χ3v) is 5.64. The van der Waals surface area contributed by atoms with E-state index < -0.39 is 5.97 Å². The van der Waals surface area contributed by atoms with Crippen molar-refractivity contribution in [2.75, 3.05) is 11.9 Å². The highest BCUT2D eigenvalue weighted by atomic mass is 32.1. The highest BCUT2D eigenvalue weighted by Crippen LogP contribution is 2.38. The Bertz CT molecular complexity index is 897. The van der Waals surface area contributed by atoms with Gasteiger partial charge in [-0.15, -0.1) is 11.3 Å². The van der Waals surface area contributed by atoms with Crippen molar-refractivity contribution in [2.24, 2.45) is 0 Å². The standard InChI is InChI=1S/C19H22N2O4S/c1-3-25-19(24)16-13-8-4-5-9-14(13)26-17(16)20-15(22)11-21-10-6-7-12(2)18(21)23/h6-7,10H,3-5,8-9,11H2,1-2H3,(H,20,22). The predicted octanol–water partition coefficient (Wildman–Crippen LogP) is 2.91. The summed E-state index contributed by atoms with van der Waals surface area (Å²) in [5.74, 6) is -0.725. The van der Waals surface area contributed by atoms with Crippen LogP contribution in [0.2, 0.25) is 0 Å². The van der Waals surface area contributed by atoms with Crippen LogP contribution in [0.5, 0.6) is 0 Å². The van der Waals surface area contributed by atoms with E-state index in [9.17, 15) is 14.4 Å². The number of nitrogens with one attached hydrogen (secondary N) is 1. The maximum Gasteiger partial charge on any atom is 0.341 e. The lowest BCUT2D eigenvalue weighted by Crippen LogP contribution is -2.28. The van der Waals surface area contributed by atoms with Crippen molar-refractivity contribution in [3.05, 3.63) is 50.3 Å². The number of fused-ring (bicyclic) bond motifs is 1. The van der Waals surface area contributed by atoms with Crippen LogP contribution in [0.1, 0.15) is 46.1 Å². The summed E-state index contributed by atoms with van der Waals surface area (Å²) in [5.41, 5.74) is 1.87. The maximum atomic E-state index is 12.5. The van der Waals surface area contributed by atoms with Crippen LogP contribution in [-0.4, -0.2) is 23.1 Å². The molecule has 0 radical (unpaired) electrons. The molecule has 0 atom stereocenters. The Morgan fingerprint density at radius 3 is 2.85 bits per heavy atom. The van der Waals surface area contributed by atoms with Gasteiger partial charge in [-0.05, 0) is 51.2 Å². The number of esters is 1. The molecule has 0 aliphatic heterocycles. The van der Waals surface area contributed by atoms with Gasteiger partial charge in [-0.3, -0.25) is 9.59 Å². The van der Waals surface area contributed by atoms with Crippen molar-refractivity contribution in [3.63, 3.8) is 0 Å². The minimum absolute atomic E-state index is 0.0919. The van der Waals surface area contributed by atoms with Crippen molar-refractivity contribution in [3.8, 4) is 0 Å². The van der Waals surface area contributed by atoms with Crippen molar-refractivity contribution < 1.29 is 14.3 Å². The van der Waals surface area contributed by atoms with Crippen molar-refractivity contribution in [1.29, 1.82) is 0 Å². The fourth-order valence-corrected chi connectivity index (χ4v) is 4.47. The first-order chi connectivity index (χ1) is 12.5. The van der Waals surface area contributed by atoms with Crippen molar-refractivity contribution >= 4 is 28.2 Å². The molecule has 0 saturated heterocycles. The highest BCUT2D eigenvalue weighted by molar-refractivity contribution is 7.17. The van der Waals surface area contributed by atoms with E-state index in [1.807, 2.05) is 0 Å². The van der Waals surface area contributed by atoms with E-state index in [-0.39, 0.29) is 24.6 Å². The molecule has 0 bridgehead atoms. The van der Waals surface area contributed by atoms with Crippen LogP contribution in [-0.2, 0) is 28.9 Å². The zero-order valence-electron chi connectivity index (χ0n) is 15.0.